The van der Waals surface area contributed by atoms with Crippen molar-refractivity contribution in [2.75, 3.05) is 7.11 Å². The summed E-state index contributed by atoms with van der Waals surface area (Å²) in [5.74, 6) is -1.68. The molecule has 0 N–H and O–H groups in total. The molecule has 1 saturated carbocycles. The van der Waals surface area contributed by atoms with Gasteiger partial charge in [0.1, 0.15) is 11.9 Å². The van der Waals surface area contributed by atoms with Crippen molar-refractivity contribution in [1.29, 1.82) is 0 Å². The number of benzene rings is 1. The van der Waals surface area contributed by atoms with Gasteiger partial charge in [0.05, 0.1) is 7.11 Å². The van der Waals surface area contributed by atoms with E-state index in [0.29, 0.717) is 5.56 Å². The fraction of sp³-hybridized carbons (Fsp3) is 0.533. The molecule has 1 unspecified atom stereocenters. The molecule has 1 aliphatic carbocycles. The monoisotopic (exact) mass is 280 g/mol. The minimum Gasteiger partial charge on any atom is -0.467 e. The lowest BCUT2D eigenvalue weighted by Gasteiger charge is -2.21. The molecule has 1 heterocycles. The second-order valence-electron chi connectivity index (χ2n) is 5.24. The minimum absolute atomic E-state index is 0.340. The van der Waals surface area contributed by atoms with Crippen molar-refractivity contribution in [2.24, 2.45) is 0 Å². The number of ether oxygens (including phenoxy) is 3. The van der Waals surface area contributed by atoms with Gasteiger partial charge >= 0.3 is 5.97 Å². The summed E-state index contributed by atoms with van der Waals surface area (Å²) in [6.07, 6.45) is 1.77. The predicted octanol–water partition coefficient (Wildman–Crippen LogP) is 2.73. The zero-order valence-electron chi connectivity index (χ0n) is 11.3. The van der Waals surface area contributed by atoms with E-state index in [1.807, 2.05) is 0 Å². The second kappa shape index (κ2) is 5.14. The van der Waals surface area contributed by atoms with E-state index >= 15 is 0 Å². The molecule has 1 aromatic rings. The van der Waals surface area contributed by atoms with Gasteiger partial charge in [-0.15, -0.1) is 0 Å². The van der Waals surface area contributed by atoms with Gasteiger partial charge in [-0.3, -0.25) is 0 Å². The molecule has 1 aromatic carbocycles. The molecule has 2 atom stereocenters. The summed E-state index contributed by atoms with van der Waals surface area (Å²) in [6.45, 7) is 0. The number of carbonyl (C=O) groups excluding carboxylic acids is 1. The third-order valence-electron chi connectivity index (χ3n) is 3.97. The Morgan fingerprint density at radius 3 is 2.65 bits per heavy atom. The van der Waals surface area contributed by atoms with Crippen LogP contribution in [0, 0.1) is 5.82 Å². The summed E-state index contributed by atoms with van der Waals surface area (Å²) in [7, 11) is 1.30. The highest BCUT2D eigenvalue weighted by Gasteiger charge is 2.53. The van der Waals surface area contributed by atoms with Gasteiger partial charge in [-0.25, -0.2) is 9.18 Å². The molecule has 1 spiro atoms. The fourth-order valence-electron chi connectivity index (χ4n) is 2.98. The second-order valence-corrected chi connectivity index (χ2v) is 5.24. The van der Waals surface area contributed by atoms with Crippen LogP contribution in [-0.2, 0) is 19.0 Å². The number of esters is 1. The van der Waals surface area contributed by atoms with E-state index in [0.717, 1.165) is 25.7 Å². The highest BCUT2D eigenvalue weighted by atomic mass is 19.1. The lowest BCUT2D eigenvalue weighted by Crippen LogP contribution is -2.30. The molecule has 2 fully saturated rings. The first kappa shape index (κ1) is 13.5. The summed E-state index contributed by atoms with van der Waals surface area (Å²) in [5, 5.41) is 0. The quantitative estimate of drug-likeness (QED) is 0.781. The topological polar surface area (TPSA) is 44.8 Å². The first-order valence-electron chi connectivity index (χ1n) is 6.83. The van der Waals surface area contributed by atoms with E-state index < -0.39 is 29.8 Å². The van der Waals surface area contributed by atoms with Gasteiger partial charge in [-0.1, -0.05) is 18.2 Å². The van der Waals surface area contributed by atoms with Gasteiger partial charge < -0.3 is 14.2 Å². The molecule has 0 bridgehead atoms. The van der Waals surface area contributed by atoms with Crippen LogP contribution < -0.4 is 0 Å². The maximum absolute atomic E-state index is 14.0. The first-order chi connectivity index (χ1) is 9.65. The smallest absolute Gasteiger partial charge is 0.338 e. The molecular formula is C15H17FO4. The zero-order chi connectivity index (χ0) is 14.2. The molecule has 108 valence electrons. The number of halogens is 1. The van der Waals surface area contributed by atoms with Gasteiger partial charge in [0.2, 0.25) is 0 Å². The van der Waals surface area contributed by atoms with Crippen molar-refractivity contribution in [3.63, 3.8) is 0 Å². The summed E-state index contributed by atoms with van der Waals surface area (Å²) in [6, 6.07) is 6.29. The standard InChI is InChI=1S/C15H17FO4/c1-18-14(17)13-12(10-6-2-3-7-11(10)16)19-15(20-13)8-4-5-9-15/h2-3,6-7,12-13H,4-5,8-9H2,1H3/t12-,13?/m1/s1. The molecular weight excluding hydrogens is 263 g/mol. The van der Waals surface area contributed by atoms with Crippen LogP contribution in [0.5, 0.6) is 0 Å². The third-order valence-corrected chi connectivity index (χ3v) is 3.97. The maximum atomic E-state index is 14.0. The average Bonchev–Trinajstić information content (AvgIpc) is 3.07. The Morgan fingerprint density at radius 1 is 1.30 bits per heavy atom. The van der Waals surface area contributed by atoms with Crippen molar-refractivity contribution in [3.05, 3.63) is 35.6 Å². The minimum atomic E-state index is -0.907. The Balaban J connectivity index is 1.94. The molecule has 0 amide bonds. The Kier molecular flexibility index (Phi) is 3.48. The van der Waals surface area contributed by atoms with Gasteiger partial charge in [0.15, 0.2) is 11.9 Å². The lowest BCUT2D eigenvalue weighted by atomic mass is 10.0. The molecule has 1 aliphatic heterocycles. The van der Waals surface area contributed by atoms with E-state index in [-0.39, 0.29) is 0 Å². The summed E-state index contributed by atoms with van der Waals surface area (Å²) in [5.41, 5.74) is 0.340. The number of carbonyl (C=O) groups is 1. The van der Waals surface area contributed by atoms with E-state index in [9.17, 15) is 9.18 Å². The first-order valence-corrected chi connectivity index (χ1v) is 6.83. The average molecular weight is 280 g/mol. The van der Waals surface area contributed by atoms with Crippen LogP contribution in [0.1, 0.15) is 37.4 Å². The molecule has 4 nitrogen and oxygen atoms in total. The van der Waals surface area contributed by atoms with Crippen molar-refractivity contribution >= 4 is 5.97 Å². The van der Waals surface area contributed by atoms with Crippen molar-refractivity contribution in [3.8, 4) is 0 Å². The highest BCUT2D eigenvalue weighted by Crippen LogP contribution is 2.47. The van der Waals surface area contributed by atoms with Crippen LogP contribution in [0.2, 0.25) is 0 Å². The Bertz CT molecular complexity index is 510. The number of hydrogen-bond donors (Lipinski definition) is 0. The molecule has 3 rings (SSSR count). The van der Waals surface area contributed by atoms with Gasteiger partial charge in [0, 0.05) is 18.4 Å². The normalized spacial score (nSPS) is 27.9. The summed E-state index contributed by atoms with van der Waals surface area (Å²) in [4.78, 5) is 11.9. The Morgan fingerprint density at radius 2 is 2.00 bits per heavy atom. The van der Waals surface area contributed by atoms with E-state index in [2.05, 4.69) is 0 Å². The van der Waals surface area contributed by atoms with Crippen LogP contribution in [0.25, 0.3) is 0 Å². The van der Waals surface area contributed by atoms with Crippen LogP contribution in [-0.4, -0.2) is 25.0 Å². The van der Waals surface area contributed by atoms with Crippen LogP contribution in [0.4, 0.5) is 4.39 Å². The van der Waals surface area contributed by atoms with Gasteiger partial charge in [-0.2, -0.15) is 0 Å². The molecule has 1 saturated heterocycles. The number of methoxy groups -OCH3 is 1. The van der Waals surface area contributed by atoms with Crippen LogP contribution in [0.3, 0.4) is 0 Å². The molecule has 2 aliphatic rings. The lowest BCUT2D eigenvalue weighted by molar-refractivity contribution is -0.180. The molecule has 20 heavy (non-hydrogen) atoms. The van der Waals surface area contributed by atoms with Crippen molar-refractivity contribution in [1.82, 2.24) is 0 Å². The van der Waals surface area contributed by atoms with Gasteiger partial charge in [-0.05, 0) is 18.9 Å². The molecule has 5 heteroatoms. The van der Waals surface area contributed by atoms with Gasteiger partial charge in [0.25, 0.3) is 0 Å². The predicted molar refractivity (Wildman–Crippen MR) is 68.3 cm³/mol. The van der Waals surface area contributed by atoms with E-state index in [1.165, 1.54) is 13.2 Å². The van der Waals surface area contributed by atoms with Crippen LogP contribution in [0.15, 0.2) is 24.3 Å². The number of hydrogen-bond acceptors (Lipinski definition) is 4. The Hall–Kier alpha value is -1.46. The highest BCUT2D eigenvalue weighted by molar-refractivity contribution is 5.76. The SMILES string of the molecule is COC(=O)C1OC2(CCCC2)O[C@@H]1c1ccccc1F. The summed E-state index contributed by atoms with van der Waals surface area (Å²) < 4.78 is 30.5. The Labute approximate surface area is 116 Å². The molecule has 0 aromatic heterocycles. The van der Waals surface area contributed by atoms with Crippen molar-refractivity contribution in [2.45, 2.75) is 43.7 Å². The third kappa shape index (κ3) is 2.21. The van der Waals surface area contributed by atoms with E-state index in [4.69, 9.17) is 14.2 Å². The molecule has 0 radical (unpaired) electrons. The maximum Gasteiger partial charge on any atom is 0.338 e. The van der Waals surface area contributed by atoms with Crippen molar-refractivity contribution < 1.29 is 23.4 Å². The van der Waals surface area contributed by atoms with Crippen LogP contribution >= 0.6 is 0 Å². The zero-order valence-corrected chi connectivity index (χ0v) is 11.3. The fourth-order valence-corrected chi connectivity index (χ4v) is 2.98. The number of rotatable bonds is 2. The largest absolute Gasteiger partial charge is 0.467 e. The van der Waals surface area contributed by atoms with E-state index in [1.54, 1.807) is 18.2 Å². The summed E-state index contributed by atoms with van der Waals surface area (Å²) >= 11 is 0.